The van der Waals surface area contributed by atoms with E-state index in [0.717, 1.165) is 0 Å². The van der Waals surface area contributed by atoms with Crippen molar-refractivity contribution in [3.63, 3.8) is 0 Å². The van der Waals surface area contributed by atoms with Crippen LogP contribution in [0.5, 0.6) is 5.75 Å². The second-order valence-electron chi connectivity index (χ2n) is 6.69. The Morgan fingerprint density at radius 2 is 1.57 bits per heavy atom. The van der Waals surface area contributed by atoms with Crippen LogP contribution in [0.3, 0.4) is 0 Å². The molecule has 1 aliphatic heterocycles. The molecule has 3 aromatic carbocycles. The first-order chi connectivity index (χ1) is 14.6. The van der Waals surface area contributed by atoms with E-state index in [1.165, 1.54) is 4.90 Å². The molecule has 0 unspecified atom stereocenters. The lowest BCUT2D eigenvalue weighted by Gasteiger charge is -2.28. The van der Waals surface area contributed by atoms with Crippen LogP contribution >= 0.6 is 0 Å². The first-order valence-electron chi connectivity index (χ1n) is 9.39. The largest absolute Gasteiger partial charge is 0.482 e. The highest BCUT2D eigenvalue weighted by Crippen LogP contribution is 2.31. The molecule has 1 heterocycles. The summed E-state index contributed by atoms with van der Waals surface area (Å²) < 4.78 is 5.39. The number of nitrogens with zero attached hydrogens (tertiary/aromatic N) is 1. The van der Waals surface area contributed by atoms with Crippen molar-refractivity contribution in [2.45, 2.75) is 0 Å². The number of rotatable bonds is 5. The van der Waals surface area contributed by atoms with E-state index in [1.54, 1.807) is 66.7 Å². The maximum absolute atomic E-state index is 12.6. The molecule has 150 valence electrons. The second-order valence-corrected chi connectivity index (χ2v) is 6.69. The van der Waals surface area contributed by atoms with E-state index in [4.69, 9.17) is 4.74 Å². The van der Waals surface area contributed by atoms with Crippen molar-refractivity contribution in [2.75, 3.05) is 28.7 Å². The molecule has 7 nitrogen and oxygen atoms in total. The fraction of sp³-hybridized carbons (Fsp3) is 0.0870. The average Bonchev–Trinajstić information content (AvgIpc) is 2.76. The Morgan fingerprint density at radius 1 is 0.867 bits per heavy atom. The normalized spacial score (nSPS) is 12.5. The molecule has 7 heteroatoms. The van der Waals surface area contributed by atoms with Gasteiger partial charge in [-0.3, -0.25) is 19.3 Å². The van der Waals surface area contributed by atoms with Gasteiger partial charge in [-0.05, 0) is 42.5 Å². The first kappa shape index (κ1) is 19.2. The molecule has 0 aliphatic carbocycles. The van der Waals surface area contributed by atoms with Gasteiger partial charge in [0.25, 0.3) is 11.8 Å². The summed E-state index contributed by atoms with van der Waals surface area (Å²) in [6, 6.07) is 22.8. The maximum atomic E-state index is 12.6. The third kappa shape index (κ3) is 4.30. The lowest BCUT2D eigenvalue weighted by atomic mass is 10.2. The molecule has 0 spiro atoms. The molecule has 0 radical (unpaired) electrons. The van der Waals surface area contributed by atoms with Gasteiger partial charge in [-0.15, -0.1) is 0 Å². The van der Waals surface area contributed by atoms with Crippen LogP contribution in [-0.4, -0.2) is 30.9 Å². The summed E-state index contributed by atoms with van der Waals surface area (Å²) in [7, 11) is 0. The molecule has 2 N–H and O–H groups in total. The molecule has 0 saturated carbocycles. The van der Waals surface area contributed by atoms with Crippen molar-refractivity contribution < 1.29 is 19.1 Å². The van der Waals surface area contributed by atoms with Gasteiger partial charge in [-0.2, -0.15) is 0 Å². The lowest BCUT2D eigenvalue weighted by molar-refractivity contribution is -0.123. The van der Waals surface area contributed by atoms with Crippen LogP contribution < -0.4 is 20.3 Å². The molecule has 0 aromatic heterocycles. The number of para-hydroxylation sites is 2. The van der Waals surface area contributed by atoms with Crippen LogP contribution in [0.1, 0.15) is 10.4 Å². The van der Waals surface area contributed by atoms with E-state index < -0.39 is 0 Å². The predicted octanol–water partition coefficient (Wildman–Crippen LogP) is 3.30. The summed E-state index contributed by atoms with van der Waals surface area (Å²) in [6.07, 6.45) is 0. The van der Waals surface area contributed by atoms with E-state index in [2.05, 4.69) is 10.6 Å². The molecule has 4 rings (SSSR count). The number of hydrogen-bond acceptors (Lipinski definition) is 4. The highest BCUT2D eigenvalue weighted by atomic mass is 16.5. The Bertz CT molecular complexity index is 1100. The summed E-state index contributed by atoms with van der Waals surface area (Å²) >= 11 is 0. The molecule has 0 fully saturated rings. The topological polar surface area (TPSA) is 87.7 Å². The fourth-order valence-corrected chi connectivity index (χ4v) is 3.14. The van der Waals surface area contributed by atoms with Crippen LogP contribution in [0.15, 0.2) is 78.9 Å². The molecule has 3 amide bonds. The smallest absolute Gasteiger partial charge is 0.265 e. The van der Waals surface area contributed by atoms with Gasteiger partial charge < -0.3 is 15.4 Å². The Hall–Kier alpha value is -4.13. The number of benzene rings is 3. The molecular formula is C23H19N3O4. The standard InChI is InChI=1S/C23H19N3O4/c27-21(14-26-19-11-4-5-12-20(19)30-15-22(26)28)24-17-9-6-10-18(13-17)25-23(29)16-7-2-1-3-8-16/h1-13H,14-15H2,(H,24,27)(H,25,29). The van der Waals surface area contributed by atoms with Gasteiger partial charge in [0.1, 0.15) is 12.3 Å². The van der Waals surface area contributed by atoms with E-state index in [1.807, 2.05) is 12.1 Å². The minimum Gasteiger partial charge on any atom is -0.482 e. The zero-order chi connectivity index (χ0) is 20.9. The van der Waals surface area contributed by atoms with Crippen molar-refractivity contribution in [1.29, 1.82) is 0 Å². The van der Waals surface area contributed by atoms with Crippen molar-refractivity contribution >= 4 is 34.8 Å². The van der Waals surface area contributed by atoms with Crippen LogP contribution in [0.25, 0.3) is 0 Å². The van der Waals surface area contributed by atoms with Crippen LogP contribution in [-0.2, 0) is 9.59 Å². The van der Waals surface area contributed by atoms with Gasteiger partial charge in [-0.1, -0.05) is 36.4 Å². The van der Waals surface area contributed by atoms with Crippen molar-refractivity contribution in [3.05, 3.63) is 84.4 Å². The lowest BCUT2D eigenvalue weighted by Crippen LogP contribution is -2.43. The van der Waals surface area contributed by atoms with Crippen molar-refractivity contribution in [2.24, 2.45) is 0 Å². The van der Waals surface area contributed by atoms with E-state index in [0.29, 0.717) is 28.4 Å². The van der Waals surface area contributed by atoms with E-state index in [-0.39, 0.29) is 30.9 Å². The summed E-state index contributed by atoms with van der Waals surface area (Å²) in [5.41, 5.74) is 2.17. The number of ether oxygens (including phenoxy) is 1. The quantitative estimate of drug-likeness (QED) is 0.687. The zero-order valence-corrected chi connectivity index (χ0v) is 16.0. The number of carbonyl (C=O) groups is 3. The molecule has 0 atom stereocenters. The summed E-state index contributed by atoms with van der Waals surface area (Å²) in [6.45, 7) is -0.245. The van der Waals surface area contributed by atoms with Crippen LogP contribution in [0.2, 0.25) is 0 Å². The molecule has 30 heavy (non-hydrogen) atoms. The Kier molecular flexibility index (Phi) is 5.43. The minimum absolute atomic E-state index is 0.106. The van der Waals surface area contributed by atoms with Crippen LogP contribution in [0.4, 0.5) is 17.1 Å². The maximum Gasteiger partial charge on any atom is 0.265 e. The van der Waals surface area contributed by atoms with Crippen LogP contribution in [0, 0.1) is 0 Å². The van der Waals surface area contributed by atoms with Gasteiger partial charge in [0.2, 0.25) is 5.91 Å². The number of carbonyl (C=O) groups excluding carboxylic acids is 3. The Balaban J connectivity index is 1.42. The van der Waals surface area contributed by atoms with Gasteiger partial charge in [-0.25, -0.2) is 0 Å². The highest BCUT2D eigenvalue weighted by Gasteiger charge is 2.26. The van der Waals surface area contributed by atoms with Gasteiger partial charge in [0.05, 0.1) is 5.69 Å². The molecule has 1 aliphatic rings. The number of anilines is 3. The monoisotopic (exact) mass is 401 g/mol. The molecule has 3 aromatic rings. The molecule has 0 bridgehead atoms. The van der Waals surface area contributed by atoms with Gasteiger partial charge in [0, 0.05) is 16.9 Å². The zero-order valence-electron chi connectivity index (χ0n) is 16.0. The third-order valence-electron chi connectivity index (χ3n) is 4.55. The predicted molar refractivity (Wildman–Crippen MR) is 114 cm³/mol. The first-order valence-corrected chi connectivity index (χ1v) is 9.39. The van der Waals surface area contributed by atoms with Gasteiger partial charge in [0.15, 0.2) is 6.61 Å². The number of hydrogen-bond donors (Lipinski definition) is 2. The number of nitrogens with one attached hydrogen (secondary N) is 2. The summed E-state index contributed by atoms with van der Waals surface area (Å²) in [5, 5.41) is 5.57. The third-order valence-corrected chi connectivity index (χ3v) is 4.55. The fourth-order valence-electron chi connectivity index (χ4n) is 3.14. The van der Waals surface area contributed by atoms with E-state index in [9.17, 15) is 14.4 Å². The van der Waals surface area contributed by atoms with E-state index >= 15 is 0 Å². The Morgan fingerprint density at radius 3 is 2.37 bits per heavy atom. The Labute approximate surface area is 173 Å². The molecular weight excluding hydrogens is 382 g/mol. The second kappa shape index (κ2) is 8.48. The van der Waals surface area contributed by atoms with Gasteiger partial charge >= 0.3 is 0 Å². The number of amides is 3. The minimum atomic E-state index is -0.355. The highest BCUT2D eigenvalue weighted by molar-refractivity contribution is 6.06. The van der Waals surface area contributed by atoms with Crippen molar-refractivity contribution in [3.8, 4) is 5.75 Å². The average molecular weight is 401 g/mol. The molecule has 0 saturated heterocycles. The summed E-state index contributed by atoms with van der Waals surface area (Å²) in [4.78, 5) is 38.5. The summed E-state index contributed by atoms with van der Waals surface area (Å²) in [5.74, 6) is -0.315. The number of fused-ring (bicyclic) bond motifs is 1. The SMILES string of the molecule is O=C(CN1C(=O)COc2ccccc21)Nc1cccc(NC(=O)c2ccccc2)c1. The van der Waals surface area contributed by atoms with Crippen molar-refractivity contribution in [1.82, 2.24) is 0 Å².